The van der Waals surface area contributed by atoms with Gasteiger partial charge in [-0.1, -0.05) is 92.6 Å². The molecule has 0 aliphatic rings. The third kappa shape index (κ3) is 5.66. The predicted octanol–water partition coefficient (Wildman–Crippen LogP) is 4.48. The first-order chi connectivity index (χ1) is 8.81. The van der Waals surface area contributed by atoms with Gasteiger partial charge >= 0.3 is 0 Å². The van der Waals surface area contributed by atoms with Gasteiger partial charge in [-0.3, -0.25) is 0 Å². The van der Waals surface area contributed by atoms with E-state index in [2.05, 4.69) is 19.7 Å². The van der Waals surface area contributed by atoms with E-state index in [-0.39, 0.29) is 5.48 Å². The summed E-state index contributed by atoms with van der Waals surface area (Å²) in [5.74, 6) is 0. The van der Waals surface area contributed by atoms with Gasteiger partial charge in [0.1, 0.15) is 0 Å². The molecule has 0 heterocycles. The van der Waals surface area contributed by atoms with Gasteiger partial charge in [0.25, 0.3) is 0 Å². The maximum atomic E-state index is 3.69. The lowest BCUT2D eigenvalue weighted by Crippen LogP contribution is -1.76. The fourth-order valence-corrected chi connectivity index (χ4v) is 1.47. The van der Waals surface area contributed by atoms with Crippen LogP contribution in [0.4, 0.5) is 0 Å². The Balaban J connectivity index is 0.000000331. The Kier molecular flexibility index (Phi) is 8.42. The second-order valence-corrected chi connectivity index (χ2v) is 3.65. The van der Waals surface area contributed by atoms with E-state index in [1.165, 1.54) is 5.56 Å². The van der Waals surface area contributed by atoms with Crippen LogP contribution in [0.15, 0.2) is 74.3 Å². The number of hydrogen-bond acceptors (Lipinski definition) is 0. The molecule has 0 atom stereocenters. The molecule has 2 N–H and O–H groups in total. The molecule has 0 saturated carbocycles. The van der Waals surface area contributed by atoms with Crippen molar-refractivity contribution in [1.82, 2.24) is 0 Å². The normalized spacial score (nSPS) is 8.21. The van der Waals surface area contributed by atoms with E-state index in [1.54, 1.807) is 0 Å². The molecule has 0 spiro atoms. The van der Waals surface area contributed by atoms with E-state index < -0.39 is 0 Å². The average Bonchev–Trinajstić information content (AvgIpc) is 2.48. The maximum Gasteiger partial charge on any atom is -0.0190 e. The van der Waals surface area contributed by atoms with Gasteiger partial charge in [-0.25, -0.2) is 0 Å². The zero-order valence-electron chi connectivity index (χ0n) is 11.0. The van der Waals surface area contributed by atoms with Crippen LogP contribution in [0, 0.1) is 0 Å². The van der Waals surface area contributed by atoms with Crippen LogP contribution in [0.25, 0.3) is 18.2 Å². The Labute approximate surface area is 115 Å². The van der Waals surface area contributed by atoms with Crippen molar-refractivity contribution in [1.29, 1.82) is 0 Å². The second-order valence-electron chi connectivity index (χ2n) is 3.65. The van der Waals surface area contributed by atoms with Crippen molar-refractivity contribution < 1.29 is 5.48 Å². The fourth-order valence-electron chi connectivity index (χ4n) is 1.47. The highest BCUT2D eigenvalue weighted by Gasteiger charge is 1.89. The highest BCUT2D eigenvalue weighted by molar-refractivity contribution is 5.63. The molecule has 1 nitrogen and oxygen atoms in total. The van der Waals surface area contributed by atoms with Crippen molar-refractivity contribution in [3.63, 3.8) is 0 Å². The third-order valence-corrected chi connectivity index (χ3v) is 2.47. The van der Waals surface area contributed by atoms with Crippen LogP contribution in [-0.2, 0) is 0 Å². The average molecular weight is 252 g/mol. The van der Waals surface area contributed by atoms with E-state index in [4.69, 9.17) is 0 Å². The van der Waals surface area contributed by atoms with Gasteiger partial charge in [-0.05, 0) is 16.7 Å². The lowest BCUT2D eigenvalue weighted by molar-refractivity contribution is 0.824. The first-order valence-corrected chi connectivity index (χ1v) is 5.83. The van der Waals surface area contributed by atoms with Crippen LogP contribution in [0.5, 0.6) is 0 Å². The minimum atomic E-state index is 0. The van der Waals surface area contributed by atoms with Crippen LogP contribution in [-0.4, -0.2) is 5.48 Å². The molecule has 0 bridgehead atoms. The summed E-state index contributed by atoms with van der Waals surface area (Å²) in [4.78, 5) is 0. The monoisotopic (exact) mass is 252 g/mol. The molecule has 0 aliphatic carbocycles. The number of rotatable bonds is 3. The first kappa shape index (κ1) is 16.6. The molecule has 2 aromatic rings. The van der Waals surface area contributed by atoms with Crippen molar-refractivity contribution >= 4 is 18.2 Å². The molecule has 0 aromatic heterocycles. The molecule has 1 heteroatoms. The Morgan fingerprint density at radius 2 is 1.00 bits per heavy atom. The van der Waals surface area contributed by atoms with Crippen LogP contribution >= 0.6 is 0 Å². The largest absolute Gasteiger partial charge is 0.412 e. The molecule has 2 rings (SSSR count). The van der Waals surface area contributed by atoms with E-state index in [9.17, 15) is 0 Å². The zero-order valence-corrected chi connectivity index (χ0v) is 11.0. The molecule has 2 aromatic carbocycles. The molecule has 0 fully saturated rings. The van der Waals surface area contributed by atoms with E-state index in [0.717, 1.165) is 11.1 Å². The zero-order chi connectivity index (χ0) is 13.2. The van der Waals surface area contributed by atoms with Crippen molar-refractivity contribution in [2.45, 2.75) is 0 Å². The maximum absolute atomic E-state index is 3.69. The minimum Gasteiger partial charge on any atom is -0.412 e. The Bertz CT molecular complexity index is 485. The van der Waals surface area contributed by atoms with E-state index in [1.807, 2.05) is 72.8 Å². The van der Waals surface area contributed by atoms with E-state index >= 15 is 0 Å². The number of benzene rings is 2. The van der Waals surface area contributed by atoms with Crippen LogP contribution in [0.2, 0.25) is 0 Å². The Hall–Kier alpha value is -2.38. The summed E-state index contributed by atoms with van der Waals surface area (Å²) in [6, 6.07) is 18.0. The molecule has 0 saturated heterocycles. The predicted molar refractivity (Wildman–Crippen MR) is 86.8 cm³/mol. The van der Waals surface area contributed by atoms with Gasteiger partial charge in [0.15, 0.2) is 0 Å². The van der Waals surface area contributed by atoms with Crippen LogP contribution < -0.4 is 0 Å². The molecular weight excluding hydrogens is 232 g/mol. The van der Waals surface area contributed by atoms with Crippen molar-refractivity contribution in [2.75, 3.05) is 0 Å². The lowest BCUT2D eigenvalue weighted by atomic mass is 10.1. The molecule has 98 valence electrons. The summed E-state index contributed by atoms with van der Waals surface area (Å²) in [5, 5.41) is 0. The first-order valence-electron chi connectivity index (χ1n) is 5.83. The van der Waals surface area contributed by atoms with Crippen molar-refractivity contribution in [2.24, 2.45) is 0 Å². The smallest absolute Gasteiger partial charge is 0.0190 e. The summed E-state index contributed by atoms with van der Waals surface area (Å²) in [6.45, 7) is 11.0. The molecule has 0 amide bonds. The highest BCUT2D eigenvalue weighted by Crippen LogP contribution is 2.10. The highest BCUT2D eigenvalue weighted by atomic mass is 16.0. The number of hydrogen-bond donors (Lipinski definition) is 0. The summed E-state index contributed by atoms with van der Waals surface area (Å²) in [5.41, 5.74) is 3.45. The second kappa shape index (κ2) is 9.63. The quantitative estimate of drug-likeness (QED) is 0.771. The van der Waals surface area contributed by atoms with Crippen LogP contribution in [0.3, 0.4) is 0 Å². The summed E-state index contributed by atoms with van der Waals surface area (Å²) < 4.78 is 0. The molecule has 0 radical (unpaired) electrons. The summed E-state index contributed by atoms with van der Waals surface area (Å²) >= 11 is 0. The van der Waals surface area contributed by atoms with Gasteiger partial charge in [0, 0.05) is 0 Å². The third-order valence-electron chi connectivity index (χ3n) is 2.47. The van der Waals surface area contributed by atoms with Crippen molar-refractivity contribution in [3.05, 3.63) is 91.0 Å². The SMILES string of the molecule is C=Cc1ccccc1.C=Cc1ccccc1C=C.O. The Morgan fingerprint density at radius 3 is 1.32 bits per heavy atom. The summed E-state index contributed by atoms with van der Waals surface area (Å²) in [6.07, 6.45) is 5.49. The molecule has 0 aliphatic heterocycles. The van der Waals surface area contributed by atoms with Gasteiger partial charge < -0.3 is 5.48 Å². The fraction of sp³-hybridized carbons (Fsp3) is 0. The minimum absolute atomic E-state index is 0. The summed E-state index contributed by atoms with van der Waals surface area (Å²) in [7, 11) is 0. The standard InChI is InChI=1S/C10H10.C8H8.H2O/c1-3-9-7-5-6-8-10(9)4-2;1-2-8-6-4-3-5-7-8;/h3-8H,1-2H2;2-7H,1H2;1H2. The van der Waals surface area contributed by atoms with Crippen molar-refractivity contribution in [3.8, 4) is 0 Å². The van der Waals surface area contributed by atoms with Gasteiger partial charge in [0.05, 0.1) is 0 Å². The topological polar surface area (TPSA) is 31.5 Å². The van der Waals surface area contributed by atoms with Gasteiger partial charge in [-0.15, -0.1) is 0 Å². The van der Waals surface area contributed by atoms with Gasteiger partial charge in [0.2, 0.25) is 0 Å². The molecular formula is C18H20O. The molecule has 19 heavy (non-hydrogen) atoms. The van der Waals surface area contributed by atoms with Gasteiger partial charge in [-0.2, -0.15) is 0 Å². The molecule has 0 unspecified atom stereocenters. The lowest BCUT2D eigenvalue weighted by Gasteiger charge is -1.96. The Morgan fingerprint density at radius 1 is 0.579 bits per heavy atom. The van der Waals surface area contributed by atoms with Crippen LogP contribution in [0.1, 0.15) is 16.7 Å². The van der Waals surface area contributed by atoms with E-state index in [0.29, 0.717) is 0 Å².